The average molecular weight is 484 g/mol. The molecule has 1 atom stereocenters. The van der Waals surface area contributed by atoms with Gasteiger partial charge in [-0.15, -0.1) is 0 Å². The maximum atomic E-state index is 10.5. The number of likely N-dealkylation sites (N-methyl/N-ethyl adjacent to an activating group) is 1. The third kappa shape index (κ3) is 26.0. The standard InChI is InChI=1S/C30H61NO3/c1-4-5-6-7-8-9-10-11-13-16-19-22-25-29(32)28-31(2,3)27-24-21-18-15-12-14-17-20-23-26-30(33)34/h29,32H,4-28H2,1-3H3. The third-order valence-electron chi connectivity index (χ3n) is 7.24. The Morgan fingerprint density at radius 2 is 1.03 bits per heavy atom. The molecule has 1 N–H and O–H groups in total. The summed E-state index contributed by atoms with van der Waals surface area (Å²) in [7, 11) is 4.52. The van der Waals surface area contributed by atoms with E-state index < -0.39 is 5.97 Å². The molecule has 0 radical (unpaired) electrons. The van der Waals surface area contributed by atoms with E-state index in [9.17, 15) is 15.0 Å². The lowest BCUT2D eigenvalue weighted by atomic mass is 10.0. The predicted octanol–water partition coefficient (Wildman–Crippen LogP) is 7.17. The van der Waals surface area contributed by atoms with Crippen LogP contribution in [0.5, 0.6) is 0 Å². The lowest BCUT2D eigenvalue weighted by Crippen LogP contribution is -2.45. The van der Waals surface area contributed by atoms with Crippen LogP contribution in [0, 0.1) is 0 Å². The summed E-state index contributed by atoms with van der Waals surface area (Å²) in [5.41, 5.74) is 0. The monoisotopic (exact) mass is 483 g/mol. The third-order valence-corrected chi connectivity index (χ3v) is 7.24. The molecule has 0 rings (SSSR count). The van der Waals surface area contributed by atoms with E-state index in [1.54, 1.807) is 0 Å². The SMILES string of the molecule is CCCCCCCCCCCCCCC(O)C[N+](C)(C)CCCCCCCCCCCC(=O)[O-]. The minimum atomic E-state index is -0.918. The van der Waals surface area contributed by atoms with Gasteiger partial charge in [0.2, 0.25) is 0 Å². The van der Waals surface area contributed by atoms with Crippen LogP contribution in [0.3, 0.4) is 0 Å². The number of unbranched alkanes of at least 4 members (excludes halogenated alkanes) is 19. The summed E-state index contributed by atoms with van der Waals surface area (Å²) in [6.45, 7) is 4.31. The van der Waals surface area contributed by atoms with Crippen molar-refractivity contribution in [3.8, 4) is 0 Å². The van der Waals surface area contributed by atoms with Gasteiger partial charge in [0.05, 0.1) is 20.6 Å². The molecular formula is C30H61NO3. The van der Waals surface area contributed by atoms with E-state index in [1.165, 1.54) is 116 Å². The van der Waals surface area contributed by atoms with E-state index in [0.717, 1.165) is 43.3 Å². The molecule has 0 aliphatic carbocycles. The van der Waals surface area contributed by atoms with Gasteiger partial charge in [0.15, 0.2) is 0 Å². The Hall–Kier alpha value is -0.610. The zero-order chi connectivity index (χ0) is 25.3. The zero-order valence-electron chi connectivity index (χ0n) is 23.5. The van der Waals surface area contributed by atoms with Gasteiger partial charge >= 0.3 is 0 Å². The van der Waals surface area contributed by atoms with Crippen LogP contribution >= 0.6 is 0 Å². The van der Waals surface area contributed by atoms with Crippen LogP contribution in [-0.4, -0.2) is 48.8 Å². The molecule has 0 saturated heterocycles. The molecule has 34 heavy (non-hydrogen) atoms. The van der Waals surface area contributed by atoms with E-state index >= 15 is 0 Å². The Balaban J connectivity index is 3.46. The summed E-state index contributed by atoms with van der Waals surface area (Å²) in [5, 5.41) is 20.9. The fourth-order valence-electron chi connectivity index (χ4n) is 5.02. The van der Waals surface area contributed by atoms with Crippen LogP contribution in [0.2, 0.25) is 0 Å². The Labute approximate surface area is 213 Å². The zero-order valence-corrected chi connectivity index (χ0v) is 23.5. The number of carboxylic acids is 1. The molecule has 0 amide bonds. The molecule has 0 aromatic carbocycles. The van der Waals surface area contributed by atoms with Gasteiger partial charge in [-0.05, 0) is 32.1 Å². The average Bonchev–Trinajstić information content (AvgIpc) is 2.77. The topological polar surface area (TPSA) is 60.4 Å². The first kappa shape index (κ1) is 33.4. The Morgan fingerprint density at radius 1 is 0.647 bits per heavy atom. The number of quaternary nitrogens is 1. The summed E-state index contributed by atoms with van der Waals surface area (Å²) >= 11 is 0. The normalized spacial score (nSPS) is 12.8. The van der Waals surface area contributed by atoms with Crippen molar-refractivity contribution in [1.29, 1.82) is 0 Å². The summed E-state index contributed by atoms with van der Waals surface area (Å²) in [5.74, 6) is -0.918. The number of aliphatic hydroxyl groups excluding tert-OH is 1. The fourth-order valence-corrected chi connectivity index (χ4v) is 5.02. The van der Waals surface area contributed by atoms with Gasteiger partial charge in [-0.3, -0.25) is 0 Å². The van der Waals surface area contributed by atoms with Gasteiger partial charge in [-0.2, -0.15) is 0 Å². The van der Waals surface area contributed by atoms with Crippen LogP contribution in [0.1, 0.15) is 155 Å². The van der Waals surface area contributed by atoms with Crippen LogP contribution in [-0.2, 0) is 4.79 Å². The number of aliphatic hydroxyl groups is 1. The molecule has 0 heterocycles. The van der Waals surface area contributed by atoms with Crippen molar-refractivity contribution in [1.82, 2.24) is 0 Å². The predicted molar refractivity (Wildman–Crippen MR) is 145 cm³/mol. The molecule has 4 heteroatoms. The highest BCUT2D eigenvalue weighted by molar-refractivity contribution is 5.63. The molecule has 0 aromatic heterocycles. The smallest absolute Gasteiger partial charge is 0.105 e. The number of carbonyl (C=O) groups is 1. The maximum Gasteiger partial charge on any atom is 0.105 e. The first-order valence-corrected chi connectivity index (χ1v) is 15.1. The molecule has 1 unspecified atom stereocenters. The number of carboxylic acid groups (broad SMARTS) is 1. The number of carbonyl (C=O) groups excluding carboxylic acids is 1. The van der Waals surface area contributed by atoms with Crippen molar-refractivity contribution >= 4 is 5.97 Å². The molecule has 0 saturated carbocycles. The van der Waals surface area contributed by atoms with Gasteiger partial charge < -0.3 is 19.5 Å². The number of nitrogens with zero attached hydrogens (tertiary/aromatic N) is 1. The van der Waals surface area contributed by atoms with E-state index in [-0.39, 0.29) is 12.5 Å². The minimum Gasteiger partial charge on any atom is -0.550 e. The lowest BCUT2D eigenvalue weighted by Gasteiger charge is -2.32. The van der Waals surface area contributed by atoms with Crippen molar-refractivity contribution < 1.29 is 19.5 Å². The Bertz CT molecular complexity index is 439. The first-order valence-electron chi connectivity index (χ1n) is 15.1. The van der Waals surface area contributed by atoms with E-state index in [1.807, 2.05) is 0 Å². The molecule has 0 fully saturated rings. The molecule has 0 aliphatic rings. The molecule has 4 nitrogen and oxygen atoms in total. The largest absolute Gasteiger partial charge is 0.550 e. The summed E-state index contributed by atoms with van der Waals surface area (Å²) in [6.07, 6.45) is 27.9. The van der Waals surface area contributed by atoms with Gasteiger partial charge in [0, 0.05) is 5.97 Å². The number of hydrogen-bond acceptors (Lipinski definition) is 3. The molecule has 0 aromatic rings. The number of aliphatic carboxylic acids is 1. The second-order valence-corrected chi connectivity index (χ2v) is 11.5. The Kier molecular flexibility index (Phi) is 23.7. The lowest BCUT2D eigenvalue weighted by molar-refractivity contribution is -0.893. The maximum absolute atomic E-state index is 10.5. The van der Waals surface area contributed by atoms with Gasteiger partial charge in [0.1, 0.15) is 12.6 Å². The second-order valence-electron chi connectivity index (χ2n) is 11.5. The highest BCUT2D eigenvalue weighted by Crippen LogP contribution is 2.15. The molecule has 0 aliphatic heterocycles. The molecule has 204 valence electrons. The van der Waals surface area contributed by atoms with Crippen molar-refractivity contribution in [3.05, 3.63) is 0 Å². The van der Waals surface area contributed by atoms with Crippen LogP contribution < -0.4 is 5.11 Å². The van der Waals surface area contributed by atoms with Gasteiger partial charge in [0.25, 0.3) is 0 Å². The Morgan fingerprint density at radius 3 is 1.47 bits per heavy atom. The van der Waals surface area contributed by atoms with Crippen LogP contribution in [0.25, 0.3) is 0 Å². The highest BCUT2D eigenvalue weighted by atomic mass is 16.4. The van der Waals surface area contributed by atoms with E-state index in [0.29, 0.717) is 0 Å². The van der Waals surface area contributed by atoms with E-state index in [4.69, 9.17) is 0 Å². The van der Waals surface area contributed by atoms with Gasteiger partial charge in [-0.1, -0.05) is 122 Å². The molecule has 0 bridgehead atoms. The van der Waals surface area contributed by atoms with Crippen molar-refractivity contribution in [2.24, 2.45) is 0 Å². The summed E-state index contributed by atoms with van der Waals surface area (Å²) in [6, 6.07) is 0. The minimum absolute atomic E-state index is 0.157. The number of rotatable bonds is 27. The summed E-state index contributed by atoms with van der Waals surface area (Å²) in [4.78, 5) is 10.4. The fraction of sp³-hybridized carbons (Fsp3) is 0.967. The summed E-state index contributed by atoms with van der Waals surface area (Å²) < 4.78 is 0.928. The van der Waals surface area contributed by atoms with Crippen molar-refractivity contribution in [2.45, 2.75) is 161 Å². The van der Waals surface area contributed by atoms with Crippen molar-refractivity contribution in [2.75, 3.05) is 27.2 Å². The van der Waals surface area contributed by atoms with Crippen LogP contribution in [0.15, 0.2) is 0 Å². The van der Waals surface area contributed by atoms with Crippen LogP contribution in [0.4, 0.5) is 0 Å². The molecular weight excluding hydrogens is 422 g/mol. The number of hydrogen-bond donors (Lipinski definition) is 1. The second kappa shape index (κ2) is 24.1. The quantitative estimate of drug-likeness (QED) is 0.0995. The van der Waals surface area contributed by atoms with Crippen molar-refractivity contribution in [3.63, 3.8) is 0 Å². The molecule has 0 spiro atoms. The van der Waals surface area contributed by atoms with Gasteiger partial charge in [-0.25, -0.2) is 0 Å². The van der Waals surface area contributed by atoms with E-state index in [2.05, 4.69) is 21.0 Å². The first-order chi connectivity index (χ1) is 16.4. The highest BCUT2D eigenvalue weighted by Gasteiger charge is 2.19.